The molecule has 0 spiro atoms. The third kappa shape index (κ3) is 4.04. The molecule has 2 N–H and O–H groups in total. The quantitative estimate of drug-likeness (QED) is 0.615. The molecule has 0 saturated carbocycles. The maximum absolute atomic E-state index is 12.7. The van der Waals surface area contributed by atoms with E-state index in [4.69, 9.17) is 16.3 Å². The number of para-hydroxylation sites is 2. The largest absolute Gasteiger partial charge is 0.495 e. The van der Waals surface area contributed by atoms with Gasteiger partial charge in [-0.05, 0) is 30.3 Å². The fraction of sp³-hybridized carbons (Fsp3) is 0.111. The Morgan fingerprint density at radius 2 is 1.96 bits per heavy atom. The van der Waals surface area contributed by atoms with E-state index in [1.54, 1.807) is 47.2 Å². The highest BCUT2D eigenvalue weighted by Gasteiger charge is 2.31. The summed E-state index contributed by atoms with van der Waals surface area (Å²) in [5.74, 6) is -0.0970. The Bertz CT molecular complexity index is 1000. The minimum atomic E-state index is -4.56. The van der Waals surface area contributed by atoms with Crippen molar-refractivity contribution in [3.8, 4) is 11.4 Å². The number of nitrogens with one attached hydrogen (secondary N) is 2. The number of anilines is 1. The van der Waals surface area contributed by atoms with E-state index in [1.807, 2.05) is 0 Å². The number of alkyl halides is 3. The number of hydrogen-bond donors (Lipinski definition) is 2. The highest BCUT2D eigenvalue weighted by Crippen LogP contribution is 2.32. The molecule has 0 aliphatic carbocycles. The summed E-state index contributed by atoms with van der Waals surface area (Å²) in [6.45, 7) is 0. The van der Waals surface area contributed by atoms with E-state index in [9.17, 15) is 18.0 Å². The number of nitrogens with zero attached hydrogens (tertiary/aromatic N) is 2. The van der Waals surface area contributed by atoms with Crippen molar-refractivity contribution in [2.75, 3.05) is 12.5 Å². The Hall–Kier alpha value is -3.20. The van der Waals surface area contributed by atoms with Gasteiger partial charge in [0.05, 0.1) is 23.4 Å². The highest BCUT2D eigenvalue weighted by atomic mass is 35.5. The van der Waals surface area contributed by atoms with Crippen molar-refractivity contribution in [2.45, 2.75) is 6.18 Å². The number of carbonyl (C=O) groups is 1. The molecule has 3 aromatic rings. The molecule has 3 rings (SSSR count). The molecule has 2 aromatic heterocycles. The van der Waals surface area contributed by atoms with Gasteiger partial charge in [-0.15, -0.1) is 0 Å². The lowest BCUT2D eigenvalue weighted by Crippen LogP contribution is -2.31. The summed E-state index contributed by atoms with van der Waals surface area (Å²) in [5, 5.41) is -0.282. The summed E-state index contributed by atoms with van der Waals surface area (Å²) >= 11 is 5.81. The number of rotatable bonds is 5. The van der Waals surface area contributed by atoms with Crippen LogP contribution in [0.5, 0.6) is 5.75 Å². The van der Waals surface area contributed by atoms with Crippen LogP contribution in [0.2, 0.25) is 5.02 Å². The van der Waals surface area contributed by atoms with Crippen LogP contribution in [0.25, 0.3) is 5.69 Å². The maximum atomic E-state index is 12.7. The van der Waals surface area contributed by atoms with Gasteiger partial charge in [-0.1, -0.05) is 23.7 Å². The van der Waals surface area contributed by atoms with Crippen LogP contribution in [-0.4, -0.2) is 22.6 Å². The Kier molecular flexibility index (Phi) is 5.46. The molecule has 0 saturated heterocycles. The van der Waals surface area contributed by atoms with Crippen molar-refractivity contribution < 1.29 is 22.7 Å². The number of amides is 1. The van der Waals surface area contributed by atoms with Gasteiger partial charge in [-0.2, -0.15) is 13.2 Å². The number of halogens is 4. The van der Waals surface area contributed by atoms with Crippen LogP contribution >= 0.6 is 11.6 Å². The van der Waals surface area contributed by atoms with E-state index >= 15 is 0 Å². The van der Waals surface area contributed by atoms with Crippen molar-refractivity contribution >= 4 is 23.3 Å². The SMILES string of the molecule is COc1ccccc1-n1cccc1C(=O)NNc1ncc(C(F)(F)F)cc1Cl. The first-order valence-electron chi connectivity index (χ1n) is 7.91. The first kappa shape index (κ1) is 19.6. The summed E-state index contributed by atoms with van der Waals surface area (Å²) in [4.78, 5) is 16.1. The zero-order valence-corrected chi connectivity index (χ0v) is 15.2. The van der Waals surface area contributed by atoms with Crippen LogP contribution in [0.1, 0.15) is 16.1 Å². The molecular formula is C18H14ClF3N4O2. The van der Waals surface area contributed by atoms with E-state index < -0.39 is 17.6 Å². The number of methoxy groups -OCH3 is 1. The van der Waals surface area contributed by atoms with Crippen molar-refractivity contribution in [3.05, 3.63) is 71.1 Å². The van der Waals surface area contributed by atoms with Gasteiger partial charge in [-0.3, -0.25) is 15.6 Å². The van der Waals surface area contributed by atoms with Crippen molar-refractivity contribution in [1.82, 2.24) is 15.0 Å². The average Bonchev–Trinajstić information content (AvgIpc) is 3.15. The Morgan fingerprint density at radius 3 is 2.64 bits per heavy atom. The molecule has 2 heterocycles. The van der Waals surface area contributed by atoms with E-state index in [0.717, 1.165) is 6.07 Å². The Morgan fingerprint density at radius 1 is 1.21 bits per heavy atom. The molecule has 0 aliphatic rings. The van der Waals surface area contributed by atoms with Gasteiger partial charge < -0.3 is 9.30 Å². The van der Waals surface area contributed by atoms with Crippen molar-refractivity contribution in [2.24, 2.45) is 0 Å². The Labute approximate surface area is 162 Å². The first-order valence-corrected chi connectivity index (χ1v) is 8.29. The summed E-state index contributed by atoms with van der Waals surface area (Å²) in [6.07, 6.45) is -2.26. The lowest BCUT2D eigenvalue weighted by Gasteiger charge is -2.14. The van der Waals surface area contributed by atoms with Gasteiger partial charge in [-0.25, -0.2) is 4.98 Å². The summed E-state index contributed by atoms with van der Waals surface area (Å²) in [5.41, 5.74) is 4.72. The number of pyridine rings is 1. The molecule has 0 aliphatic heterocycles. The topological polar surface area (TPSA) is 68.2 Å². The van der Waals surface area contributed by atoms with Crippen LogP contribution in [0.4, 0.5) is 19.0 Å². The zero-order valence-electron chi connectivity index (χ0n) is 14.4. The number of benzene rings is 1. The number of hydrazine groups is 1. The molecule has 0 atom stereocenters. The second-order valence-electron chi connectivity index (χ2n) is 5.57. The van der Waals surface area contributed by atoms with E-state index in [2.05, 4.69) is 15.8 Å². The lowest BCUT2D eigenvalue weighted by atomic mass is 10.2. The fourth-order valence-corrected chi connectivity index (χ4v) is 2.68. The molecule has 146 valence electrons. The minimum absolute atomic E-state index is 0.113. The second kappa shape index (κ2) is 7.81. The molecule has 0 bridgehead atoms. The highest BCUT2D eigenvalue weighted by molar-refractivity contribution is 6.33. The number of aromatic nitrogens is 2. The first-order chi connectivity index (χ1) is 13.3. The van der Waals surface area contributed by atoms with Gasteiger partial charge in [0.25, 0.3) is 5.91 Å². The van der Waals surface area contributed by atoms with Gasteiger partial charge in [0.1, 0.15) is 11.4 Å². The van der Waals surface area contributed by atoms with Crippen LogP contribution in [0.15, 0.2) is 54.9 Å². The minimum Gasteiger partial charge on any atom is -0.495 e. The molecule has 0 radical (unpaired) electrons. The monoisotopic (exact) mass is 410 g/mol. The van der Waals surface area contributed by atoms with Crippen LogP contribution in [0.3, 0.4) is 0 Å². The Balaban J connectivity index is 1.78. The maximum Gasteiger partial charge on any atom is 0.417 e. The number of hydrogen-bond acceptors (Lipinski definition) is 4. The van der Waals surface area contributed by atoms with Gasteiger partial charge >= 0.3 is 6.18 Å². The number of ether oxygens (including phenoxy) is 1. The summed E-state index contributed by atoms with van der Waals surface area (Å²) < 4.78 is 44.9. The molecule has 6 nitrogen and oxygen atoms in total. The molecule has 28 heavy (non-hydrogen) atoms. The van der Waals surface area contributed by atoms with E-state index in [-0.39, 0.29) is 16.5 Å². The van der Waals surface area contributed by atoms with E-state index in [1.165, 1.54) is 7.11 Å². The fourth-order valence-electron chi connectivity index (χ4n) is 2.47. The van der Waals surface area contributed by atoms with Gasteiger partial charge in [0.15, 0.2) is 5.82 Å². The van der Waals surface area contributed by atoms with Gasteiger partial charge in [0.2, 0.25) is 0 Å². The van der Waals surface area contributed by atoms with Crippen molar-refractivity contribution in [1.29, 1.82) is 0 Å². The number of carbonyl (C=O) groups excluding carboxylic acids is 1. The molecule has 1 amide bonds. The average molecular weight is 411 g/mol. The molecular weight excluding hydrogens is 397 g/mol. The molecule has 1 aromatic carbocycles. The van der Waals surface area contributed by atoms with Crippen LogP contribution in [-0.2, 0) is 6.18 Å². The molecule has 0 unspecified atom stereocenters. The summed E-state index contributed by atoms with van der Waals surface area (Å²) in [7, 11) is 1.52. The predicted molar refractivity (Wildman–Crippen MR) is 97.7 cm³/mol. The molecule has 0 fully saturated rings. The summed E-state index contributed by atoms with van der Waals surface area (Å²) in [6, 6.07) is 11.1. The third-order valence-electron chi connectivity index (χ3n) is 3.79. The lowest BCUT2D eigenvalue weighted by molar-refractivity contribution is -0.137. The third-order valence-corrected chi connectivity index (χ3v) is 4.08. The molecule has 10 heteroatoms. The standard InChI is InChI=1S/C18H14ClF3N4O2/c1-28-15-7-3-2-5-13(15)26-8-4-6-14(26)17(27)25-24-16-12(19)9-11(10-23-16)18(20,21)22/h2-10H,1H3,(H,23,24)(H,25,27). The zero-order chi connectivity index (χ0) is 20.3. The predicted octanol–water partition coefficient (Wildman–Crippen LogP) is 4.31. The van der Waals surface area contributed by atoms with Gasteiger partial charge in [0, 0.05) is 12.4 Å². The van der Waals surface area contributed by atoms with E-state index in [0.29, 0.717) is 17.6 Å². The van der Waals surface area contributed by atoms with Crippen molar-refractivity contribution in [3.63, 3.8) is 0 Å². The smallest absolute Gasteiger partial charge is 0.417 e. The van der Waals surface area contributed by atoms with Crippen LogP contribution < -0.4 is 15.6 Å². The van der Waals surface area contributed by atoms with Crippen LogP contribution in [0, 0.1) is 0 Å². The normalized spacial score (nSPS) is 11.2. The second-order valence-corrected chi connectivity index (χ2v) is 5.97.